The summed E-state index contributed by atoms with van der Waals surface area (Å²) in [5, 5.41) is 7.89. The van der Waals surface area contributed by atoms with Gasteiger partial charge in [-0.1, -0.05) is 24.3 Å². The summed E-state index contributed by atoms with van der Waals surface area (Å²) >= 11 is 0. The van der Waals surface area contributed by atoms with E-state index in [1.165, 1.54) is 17.5 Å². The van der Waals surface area contributed by atoms with Crippen molar-refractivity contribution in [2.24, 2.45) is 21.7 Å². The summed E-state index contributed by atoms with van der Waals surface area (Å²) in [5.74, 6) is 0.00854. The third-order valence-electron chi connectivity index (χ3n) is 2.72. The summed E-state index contributed by atoms with van der Waals surface area (Å²) in [7, 11) is 0. The lowest BCUT2D eigenvalue weighted by atomic mass is 10.0. The molecule has 16 heavy (non-hydrogen) atoms. The number of rotatable bonds is 1. The van der Waals surface area contributed by atoms with Gasteiger partial charge in [-0.3, -0.25) is 0 Å². The Morgan fingerprint density at radius 2 is 1.81 bits per heavy atom. The normalized spacial score (nSPS) is 17.6. The molecule has 0 bridgehead atoms. The van der Waals surface area contributed by atoms with Gasteiger partial charge in [-0.05, 0) is 31.2 Å². The van der Waals surface area contributed by atoms with Gasteiger partial charge in [0.25, 0.3) is 0 Å². The first-order valence-corrected chi connectivity index (χ1v) is 5.51. The first kappa shape index (κ1) is 10.7. The maximum Gasteiger partial charge on any atom is 0.211 e. The molecule has 2 rings (SSSR count). The van der Waals surface area contributed by atoms with E-state index in [9.17, 15) is 0 Å². The van der Waals surface area contributed by atoms with E-state index >= 15 is 0 Å². The molecule has 1 aliphatic rings. The van der Waals surface area contributed by atoms with Crippen molar-refractivity contribution in [2.45, 2.75) is 25.7 Å². The molecule has 1 aromatic carbocycles. The molecule has 0 heterocycles. The Balaban J connectivity index is 2.40. The van der Waals surface area contributed by atoms with Crippen LogP contribution in [0.4, 0.5) is 0 Å². The van der Waals surface area contributed by atoms with E-state index in [0.717, 1.165) is 25.0 Å². The van der Waals surface area contributed by atoms with E-state index in [2.05, 4.69) is 28.4 Å². The van der Waals surface area contributed by atoms with Crippen LogP contribution in [0.2, 0.25) is 0 Å². The molecule has 0 spiro atoms. The third kappa shape index (κ3) is 2.39. The Labute approximate surface area is 95.1 Å². The SMILES string of the molecule is NC(N)=NN=C1CCCCc2ccccc21. The van der Waals surface area contributed by atoms with Gasteiger partial charge in [-0.2, -0.15) is 5.10 Å². The van der Waals surface area contributed by atoms with E-state index in [1.807, 2.05) is 6.07 Å². The molecule has 0 radical (unpaired) electrons. The number of aryl methyl sites for hydroxylation is 1. The Hall–Kier alpha value is -1.84. The minimum absolute atomic E-state index is 0.00854. The molecule has 0 atom stereocenters. The summed E-state index contributed by atoms with van der Waals surface area (Å²) in [4.78, 5) is 0. The van der Waals surface area contributed by atoms with Crippen LogP contribution in [-0.2, 0) is 6.42 Å². The minimum atomic E-state index is 0.00854. The zero-order valence-corrected chi connectivity index (χ0v) is 9.19. The number of nitrogens with zero attached hydrogens (tertiary/aromatic N) is 2. The second-order valence-electron chi connectivity index (χ2n) is 3.94. The molecule has 4 heteroatoms. The zero-order chi connectivity index (χ0) is 11.4. The van der Waals surface area contributed by atoms with Crippen LogP contribution in [0.1, 0.15) is 30.4 Å². The lowest BCUT2D eigenvalue weighted by Crippen LogP contribution is -2.22. The van der Waals surface area contributed by atoms with E-state index in [-0.39, 0.29) is 5.96 Å². The number of nitrogens with two attached hydrogens (primary N) is 2. The summed E-state index contributed by atoms with van der Waals surface area (Å²) in [5.41, 5.74) is 14.1. The van der Waals surface area contributed by atoms with Gasteiger partial charge in [0.05, 0.1) is 5.71 Å². The van der Waals surface area contributed by atoms with Crippen molar-refractivity contribution < 1.29 is 0 Å². The molecule has 4 N–H and O–H groups in total. The molecule has 0 amide bonds. The van der Waals surface area contributed by atoms with Gasteiger partial charge in [0.1, 0.15) is 0 Å². The third-order valence-corrected chi connectivity index (χ3v) is 2.72. The fourth-order valence-corrected chi connectivity index (χ4v) is 1.98. The average molecular weight is 216 g/mol. The van der Waals surface area contributed by atoms with Gasteiger partial charge in [0.15, 0.2) is 0 Å². The molecule has 0 saturated heterocycles. The van der Waals surface area contributed by atoms with Gasteiger partial charge < -0.3 is 11.5 Å². The van der Waals surface area contributed by atoms with Crippen molar-refractivity contribution in [2.75, 3.05) is 0 Å². The lowest BCUT2D eigenvalue weighted by molar-refractivity contribution is 0.775. The average Bonchev–Trinajstić information content (AvgIpc) is 2.48. The number of hydrogen-bond donors (Lipinski definition) is 2. The lowest BCUT2D eigenvalue weighted by Gasteiger charge is -2.05. The van der Waals surface area contributed by atoms with Crippen molar-refractivity contribution in [3.8, 4) is 0 Å². The van der Waals surface area contributed by atoms with Crippen molar-refractivity contribution >= 4 is 11.7 Å². The van der Waals surface area contributed by atoms with Crippen molar-refractivity contribution in [1.29, 1.82) is 0 Å². The van der Waals surface area contributed by atoms with Crippen molar-refractivity contribution in [1.82, 2.24) is 0 Å². The second kappa shape index (κ2) is 4.79. The van der Waals surface area contributed by atoms with Crippen LogP contribution >= 0.6 is 0 Å². The molecule has 84 valence electrons. The van der Waals surface area contributed by atoms with E-state index in [4.69, 9.17) is 11.5 Å². The number of benzene rings is 1. The van der Waals surface area contributed by atoms with Gasteiger partial charge in [-0.15, -0.1) is 5.10 Å². The van der Waals surface area contributed by atoms with Crippen molar-refractivity contribution in [3.63, 3.8) is 0 Å². The van der Waals surface area contributed by atoms with Gasteiger partial charge in [0.2, 0.25) is 5.96 Å². The number of fused-ring (bicyclic) bond motifs is 1. The largest absolute Gasteiger partial charge is 0.369 e. The number of hydrogen-bond acceptors (Lipinski definition) is 2. The van der Waals surface area contributed by atoms with Crippen LogP contribution in [0, 0.1) is 0 Å². The topological polar surface area (TPSA) is 76.8 Å². The summed E-state index contributed by atoms with van der Waals surface area (Å²) in [6.07, 6.45) is 4.37. The first-order chi connectivity index (χ1) is 7.77. The van der Waals surface area contributed by atoms with Crippen LogP contribution in [0.15, 0.2) is 34.5 Å². The second-order valence-corrected chi connectivity index (χ2v) is 3.94. The number of guanidine groups is 1. The summed E-state index contributed by atoms with van der Waals surface area (Å²) < 4.78 is 0. The van der Waals surface area contributed by atoms with Crippen LogP contribution in [0.5, 0.6) is 0 Å². The molecule has 0 fully saturated rings. The van der Waals surface area contributed by atoms with E-state index < -0.39 is 0 Å². The Morgan fingerprint density at radius 1 is 1.06 bits per heavy atom. The quantitative estimate of drug-likeness (QED) is 0.322. The molecule has 0 aromatic heterocycles. The molecule has 1 aliphatic carbocycles. The smallest absolute Gasteiger partial charge is 0.211 e. The zero-order valence-electron chi connectivity index (χ0n) is 9.19. The highest BCUT2D eigenvalue weighted by Gasteiger charge is 2.12. The van der Waals surface area contributed by atoms with Crippen molar-refractivity contribution in [3.05, 3.63) is 35.4 Å². The predicted octanol–water partition coefficient (Wildman–Crippen LogP) is 1.39. The molecule has 1 aromatic rings. The molecule has 0 unspecified atom stereocenters. The van der Waals surface area contributed by atoms with Crippen LogP contribution in [-0.4, -0.2) is 11.7 Å². The van der Waals surface area contributed by atoms with Crippen LogP contribution in [0.3, 0.4) is 0 Å². The van der Waals surface area contributed by atoms with Gasteiger partial charge in [0, 0.05) is 5.56 Å². The van der Waals surface area contributed by atoms with E-state index in [0.29, 0.717) is 0 Å². The van der Waals surface area contributed by atoms with Crippen LogP contribution in [0.25, 0.3) is 0 Å². The fraction of sp³-hybridized carbons (Fsp3) is 0.333. The van der Waals surface area contributed by atoms with Crippen LogP contribution < -0.4 is 11.5 Å². The fourth-order valence-electron chi connectivity index (χ4n) is 1.98. The standard InChI is InChI=1S/C12H16N4/c13-12(14)16-15-11-8-4-2-6-9-5-1-3-7-10(9)11/h1,3,5,7H,2,4,6,8H2,(H4,13,14,16). The monoisotopic (exact) mass is 216 g/mol. The highest BCUT2D eigenvalue weighted by molar-refractivity contribution is 6.02. The van der Waals surface area contributed by atoms with Gasteiger partial charge in [-0.25, -0.2) is 0 Å². The molecule has 0 aliphatic heterocycles. The van der Waals surface area contributed by atoms with E-state index in [1.54, 1.807) is 0 Å². The molecule has 0 saturated carbocycles. The minimum Gasteiger partial charge on any atom is -0.369 e. The Morgan fingerprint density at radius 3 is 2.62 bits per heavy atom. The Bertz CT molecular complexity index is 430. The summed E-state index contributed by atoms with van der Waals surface area (Å²) in [6.45, 7) is 0. The molecule has 4 nitrogen and oxygen atoms in total. The Kier molecular flexibility index (Phi) is 3.19. The maximum atomic E-state index is 5.29. The highest BCUT2D eigenvalue weighted by atomic mass is 15.3. The summed E-state index contributed by atoms with van der Waals surface area (Å²) in [6, 6.07) is 8.31. The highest BCUT2D eigenvalue weighted by Crippen LogP contribution is 2.20. The van der Waals surface area contributed by atoms with Gasteiger partial charge >= 0.3 is 0 Å². The predicted molar refractivity (Wildman–Crippen MR) is 66.3 cm³/mol. The maximum absolute atomic E-state index is 5.29. The molecular weight excluding hydrogens is 200 g/mol. The molecular formula is C12H16N4. The first-order valence-electron chi connectivity index (χ1n) is 5.51.